The molecular formula is C27H18BrClN2O3. The van der Waals surface area contributed by atoms with Crippen molar-refractivity contribution in [2.75, 3.05) is 4.90 Å². The van der Waals surface area contributed by atoms with E-state index in [0.717, 1.165) is 25.7 Å². The third-order valence-electron chi connectivity index (χ3n) is 5.50. The van der Waals surface area contributed by atoms with E-state index in [9.17, 15) is 9.59 Å². The lowest BCUT2D eigenvalue weighted by Gasteiger charge is -2.12. The van der Waals surface area contributed by atoms with Gasteiger partial charge in [0.1, 0.15) is 18.1 Å². The first-order valence-electron chi connectivity index (χ1n) is 10.5. The molecule has 5 rings (SSSR count). The number of imide groups is 1. The van der Waals surface area contributed by atoms with Gasteiger partial charge in [0.15, 0.2) is 0 Å². The SMILES string of the molecule is O=C1N/C(=C/c2cc(Br)ccc2OCc2cccc3ccccc23)C(=O)N1c1ccc(Cl)cc1. The van der Waals surface area contributed by atoms with Gasteiger partial charge < -0.3 is 10.1 Å². The number of amides is 3. The molecule has 168 valence electrons. The van der Waals surface area contributed by atoms with Crippen LogP contribution in [0.5, 0.6) is 5.75 Å². The first-order chi connectivity index (χ1) is 16.5. The van der Waals surface area contributed by atoms with Crippen molar-refractivity contribution in [1.82, 2.24) is 5.32 Å². The molecule has 4 aromatic carbocycles. The van der Waals surface area contributed by atoms with Gasteiger partial charge in [-0.3, -0.25) is 4.79 Å². The van der Waals surface area contributed by atoms with Gasteiger partial charge >= 0.3 is 6.03 Å². The highest BCUT2D eigenvalue weighted by Gasteiger charge is 2.35. The highest BCUT2D eigenvalue weighted by atomic mass is 79.9. The predicted octanol–water partition coefficient (Wildman–Crippen LogP) is 6.93. The van der Waals surface area contributed by atoms with Crippen LogP contribution in [-0.4, -0.2) is 11.9 Å². The van der Waals surface area contributed by atoms with Crippen molar-refractivity contribution in [2.24, 2.45) is 0 Å². The number of rotatable bonds is 5. The van der Waals surface area contributed by atoms with Gasteiger partial charge in [0.2, 0.25) is 0 Å². The highest BCUT2D eigenvalue weighted by Crippen LogP contribution is 2.30. The Morgan fingerprint density at radius 2 is 1.71 bits per heavy atom. The van der Waals surface area contributed by atoms with Crippen LogP contribution < -0.4 is 15.0 Å². The topological polar surface area (TPSA) is 58.6 Å². The summed E-state index contributed by atoms with van der Waals surface area (Å²) >= 11 is 9.41. The molecule has 0 bridgehead atoms. The molecule has 1 N–H and O–H groups in total. The molecule has 1 aliphatic rings. The Balaban J connectivity index is 1.43. The Morgan fingerprint density at radius 1 is 0.941 bits per heavy atom. The van der Waals surface area contributed by atoms with Crippen LogP contribution in [0.1, 0.15) is 11.1 Å². The Labute approximate surface area is 209 Å². The maximum absolute atomic E-state index is 13.0. The second-order valence-corrected chi connectivity index (χ2v) is 9.07. The lowest BCUT2D eigenvalue weighted by molar-refractivity contribution is -0.113. The number of fused-ring (bicyclic) bond motifs is 1. The molecule has 1 heterocycles. The van der Waals surface area contributed by atoms with Gasteiger partial charge in [-0.2, -0.15) is 0 Å². The number of carbonyl (C=O) groups excluding carboxylic acids is 2. The van der Waals surface area contributed by atoms with Gasteiger partial charge in [0.25, 0.3) is 5.91 Å². The number of urea groups is 1. The normalized spacial score (nSPS) is 14.6. The quantitative estimate of drug-likeness (QED) is 0.223. The summed E-state index contributed by atoms with van der Waals surface area (Å²) < 4.78 is 6.99. The van der Waals surface area contributed by atoms with E-state index >= 15 is 0 Å². The average Bonchev–Trinajstić information content (AvgIpc) is 3.12. The van der Waals surface area contributed by atoms with E-state index < -0.39 is 11.9 Å². The first-order valence-corrected chi connectivity index (χ1v) is 11.7. The van der Waals surface area contributed by atoms with Crippen molar-refractivity contribution in [3.63, 3.8) is 0 Å². The predicted molar refractivity (Wildman–Crippen MR) is 138 cm³/mol. The molecule has 0 aromatic heterocycles. The Bertz CT molecular complexity index is 1440. The van der Waals surface area contributed by atoms with Crippen LogP contribution in [0.2, 0.25) is 5.02 Å². The van der Waals surface area contributed by atoms with Crippen molar-refractivity contribution in [2.45, 2.75) is 6.61 Å². The molecule has 4 aromatic rings. The monoisotopic (exact) mass is 532 g/mol. The minimum Gasteiger partial charge on any atom is -0.488 e. The van der Waals surface area contributed by atoms with Gasteiger partial charge in [-0.05, 0) is 64.9 Å². The molecule has 3 amide bonds. The summed E-state index contributed by atoms with van der Waals surface area (Å²) in [5.41, 5.74) is 2.32. The largest absolute Gasteiger partial charge is 0.488 e. The summed E-state index contributed by atoms with van der Waals surface area (Å²) in [7, 11) is 0. The number of hydrogen-bond acceptors (Lipinski definition) is 3. The summed E-state index contributed by atoms with van der Waals surface area (Å²) in [6, 6.07) is 25.8. The van der Waals surface area contributed by atoms with Crippen molar-refractivity contribution in [3.8, 4) is 5.75 Å². The summed E-state index contributed by atoms with van der Waals surface area (Å²) in [5.74, 6) is 0.142. The number of ether oxygens (including phenoxy) is 1. The summed E-state index contributed by atoms with van der Waals surface area (Å²) in [4.78, 5) is 26.6. The van der Waals surface area contributed by atoms with Crippen LogP contribution in [0.15, 0.2) is 95.1 Å². The second kappa shape index (κ2) is 9.33. The molecule has 1 aliphatic heterocycles. The van der Waals surface area contributed by atoms with E-state index in [-0.39, 0.29) is 5.70 Å². The fourth-order valence-electron chi connectivity index (χ4n) is 3.85. The molecule has 1 fully saturated rings. The van der Waals surface area contributed by atoms with E-state index in [0.29, 0.717) is 28.6 Å². The van der Waals surface area contributed by atoms with Crippen molar-refractivity contribution < 1.29 is 14.3 Å². The second-order valence-electron chi connectivity index (χ2n) is 7.71. The lowest BCUT2D eigenvalue weighted by atomic mass is 10.1. The Morgan fingerprint density at radius 3 is 2.53 bits per heavy atom. The van der Waals surface area contributed by atoms with Crippen LogP contribution in [0.4, 0.5) is 10.5 Å². The highest BCUT2D eigenvalue weighted by molar-refractivity contribution is 9.10. The molecule has 7 heteroatoms. The maximum atomic E-state index is 13.0. The average molecular weight is 534 g/mol. The molecule has 0 radical (unpaired) electrons. The van der Waals surface area contributed by atoms with Crippen LogP contribution >= 0.6 is 27.5 Å². The van der Waals surface area contributed by atoms with E-state index in [1.54, 1.807) is 30.3 Å². The molecule has 0 unspecified atom stereocenters. The van der Waals surface area contributed by atoms with E-state index in [4.69, 9.17) is 16.3 Å². The van der Waals surface area contributed by atoms with E-state index in [1.807, 2.05) is 42.5 Å². The number of benzene rings is 4. The molecule has 34 heavy (non-hydrogen) atoms. The number of nitrogens with one attached hydrogen (secondary N) is 1. The first kappa shape index (κ1) is 22.2. The third-order valence-corrected chi connectivity index (χ3v) is 6.24. The smallest absolute Gasteiger partial charge is 0.333 e. The summed E-state index contributed by atoms with van der Waals surface area (Å²) in [5, 5.41) is 5.44. The minimum atomic E-state index is -0.521. The van der Waals surface area contributed by atoms with Gasteiger partial charge in [-0.15, -0.1) is 0 Å². The van der Waals surface area contributed by atoms with Crippen LogP contribution in [0.3, 0.4) is 0 Å². The fraction of sp³-hybridized carbons (Fsp3) is 0.0370. The summed E-state index contributed by atoms with van der Waals surface area (Å²) in [6.45, 7) is 0.358. The standard InChI is InChI=1S/C27H18BrClN2O3/c28-20-8-13-25(34-16-18-6-3-5-17-4-1-2-7-23(17)18)19(14-20)15-24-26(32)31(27(33)30-24)22-11-9-21(29)10-12-22/h1-15H,16H2,(H,30,33)/b24-15+. The fourth-order valence-corrected chi connectivity index (χ4v) is 4.36. The van der Waals surface area contributed by atoms with Gasteiger partial charge in [0.05, 0.1) is 5.69 Å². The third kappa shape index (κ3) is 4.42. The Kier molecular flexibility index (Phi) is 6.09. The molecule has 1 saturated heterocycles. The zero-order valence-corrected chi connectivity index (χ0v) is 20.1. The number of halogens is 2. The van der Waals surface area contributed by atoms with Gasteiger partial charge in [0, 0.05) is 15.1 Å². The zero-order chi connectivity index (χ0) is 23.7. The maximum Gasteiger partial charge on any atom is 0.333 e. The zero-order valence-electron chi connectivity index (χ0n) is 17.8. The van der Waals surface area contributed by atoms with Gasteiger partial charge in [-0.1, -0.05) is 70.0 Å². The van der Waals surface area contributed by atoms with Crippen LogP contribution in [0.25, 0.3) is 16.8 Å². The number of hydrogen-bond donors (Lipinski definition) is 1. The Hall–Kier alpha value is -3.61. The molecule has 5 nitrogen and oxygen atoms in total. The molecule has 0 saturated carbocycles. The van der Waals surface area contributed by atoms with Crippen molar-refractivity contribution >= 4 is 62.0 Å². The molecule has 0 aliphatic carbocycles. The number of anilines is 1. The summed E-state index contributed by atoms with van der Waals surface area (Å²) in [6.07, 6.45) is 1.62. The molecule has 0 spiro atoms. The van der Waals surface area contributed by atoms with E-state index in [1.165, 1.54) is 0 Å². The minimum absolute atomic E-state index is 0.160. The van der Waals surface area contributed by atoms with E-state index in [2.05, 4.69) is 39.4 Å². The van der Waals surface area contributed by atoms with Gasteiger partial charge in [-0.25, -0.2) is 9.69 Å². The molecular weight excluding hydrogens is 516 g/mol. The number of carbonyl (C=O) groups is 2. The van der Waals surface area contributed by atoms with Crippen molar-refractivity contribution in [3.05, 3.63) is 111 Å². The van der Waals surface area contributed by atoms with Crippen molar-refractivity contribution in [1.29, 1.82) is 0 Å². The van der Waals surface area contributed by atoms with Crippen LogP contribution in [0, 0.1) is 0 Å². The number of nitrogens with zero attached hydrogens (tertiary/aromatic N) is 1. The molecule has 0 atom stereocenters. The lowest BCUT2D eigenvalue weighted by Crippen LogP contribution is -2.30. The van der Waals surface area contributed by atoms with Crippen LogP contribution in [-0.2, 0) is 11.4 Å².